The lowest BCUT2D eigenvalue weighted by atomic mass is 10.1. The maximum absolute atomic E-state index is 14.9. The maximum atomic E-state index is 14.9. The summed E-state index contributed by atoms with van der Waals surface area (Å²) < 4.78 is 16.5. The summed E-state index contributed by atoms with van der Waals surface area (Å²) in [5.74, 6) is -0.00783. The van der Waals surface area contributed by atoms with E-state index in [4.69, 9.17) is 0 Å². The van der Waals surface area contributed by atoms with Gasteiger partial charge in [0.05, 0.1) is 12.2 Å². The highest BCUT2D eigenvalue weighted by Gasteiger charge is 2.16. The molecule has 0 saturated carbocycles. The number of nitrogens with one attached hydrogen (secondary N) is 2. The number of aromatic nitrogens is 4. The number of benzene rings is 1. The van der Waals surface area contributed by atoms with E-state index in [9.17, 15) is 9.18 Å². The molecule has 8 nitrogen and oxygen atoms in total. The summed E-state index contributed by atoms with van der Waals surface area (Å²) in [7, 11) is 0. The molecule has 1 aromatic carbocycles. The van der Waals surface area contributed by atoms with Crippen molar-refractivity contribution in [1.82, 2.24) is 24.8 Å². The summed E-state index contributed by atoms with van der Waals surface area (Å²) in [5, 5.41) is 9.13. The van der Waals surface area contributed by atoms with Crippen LogP contribution >= 0.6 is 11.3 Å². The first-order valence-electron chi connectivity index (χ1n) is 12.0. The average Bonchev–Trinajstić information content (AvgIpc) is 3.40. The Morgan fingerprint density at radius 2 is 1.89 bits per heavy atom. The highest BCUT2D eigenvalue weighted by molar-refractivity contribution is 7.13. The lowest BCUT2D eigenvalue weighted by Gasteiger charge is -2.29. The highest BCUT2D eigenvalue weighted by Crippen LogP contribution is 2.30. The fourth-order valence-corrected chi connectivity index (χ4v) is 5.47. The van der Waals surface area contributed by atoms with Gasteiger partial charge >= 0.3 is 0 Å². The van der Waals surface area contributed by atoms with Gasteiger partial charge < -0.3 is 15.5 Å². The minimum atomic E-state index is -0.300. The number of hydrogen-bond donors (Lipinski definition) is 2. The summed E-state index contributed by atoms with van der Waals surface area (Å²) in [6, 6.07) is 14.2. The fraction of sp³-hybridized carbons (Fsp3) is 0.185. The zero-order valence-corrected chi connectivity index (χ0v) is 20.7. The number of fused-ring (bicyclic) bond motifs is 1. The first-order valence-corrected chi connectivity index (χ1v) is 12.9. The van der Waals surface area contributed by atoms with E-state index in [1.165, 1.54) is 12.1 Å². The van der Waals surface area contributed by atoms with Gasteiger partial charge in [-0.15, -0.1) is 11.3 Å². The Bertz CT molecular complexity index is 1610. The molecule has 186 valence electrons. The van der Waals surface area contributed by atoms with Gasteiger partial charge in [0.25, 0.3) is 5.56 Å². The Morgan fingerprint density at radius 1 is 1.05 bits per heavy atom. The van der Waals surface area contributed by atoms with Crippen LogP contribution in [0.4, 0.5) is 21.7 Å². The molecule has 1 fully saturated rings. The third-order valence-electron chi connectivity index (χ3n) is 6.40. The van der Waals surface area contributed by atoms with Gasteiger partial charge in [-0.2, -0.15) is 4.98 Å². The van der Waals surface area contributed by atoms with Crippen molar-refractivity contribution in [2.45, 2.75) is 6.54 Å². The number of halogens is 1. The molecule has 37 heavy (non-hydrogen) atoms. The molecule has 0 aliphatic carbocycles. The summed E-state index contributed by atoms with van der Waals surface area (Å²) in [6.07, 6.45) is 5.18. The Balaban J connectivity index is 1.31. The molecule has 1 saturated heterocycles. The number of piperazine rings is 1. The summed E-state index contributed by atoms with van der Waals surface area (Å²) in [5.41, 5.74) is 3.55. The van der Waals surface area contributed by atoms with Gasteiger partial charge in [-0.3, -0.25) is 14.3 Å². The topological polar surface area (TPSA) is 88.0 Å². The van der Waals surface area contributed by atoms with Crippen molar-refractivity contribution in [3.05, 3.63) is 94.2 Å². The monoisotopic (exact) mass is 513 g/mol. The number of pyridine rings is 2. The molecule has 0 bridgehead atoms. The van der Waals surface area contributed by atoms with E-state index in [1.54, 1.807) is 46.6 Å². The highest BCUT2D eigenvalue weighted by atomic mass is 32.1. The number of hydrogen-bond acceptors (Lipinski definition) is 8. The smallest absolute Gasteiger partial charge is 0.252 e. The molecule has 5 heterocycles. The van der Waals surface area contributed by atoms with Crippen LogP contribution in [0.2, 0.25) is 0 Å². The lowest BCUT2D eigenvalue weighted by molar-refractivity contribution is 0.566. The van der Waals surface area contributed by atoms with Crippen molar-refractivity contribution in [2.75, 3.05) is 36.4 Å². The summed E-state index contributed by atoms with van der Waals surface area (Å²) in [4.78, 5) is 29.2. The fourth-order valence-electron chi connectivity index (χ4n) is 4.55. The van der Waals surface area contributed by atoms with Gasteiger partial charge in [0.1, 0.15) is 11.5 Å². The molecule has 0 radical (unpaired) electrons. The van der Waals surface area contributed by atoms with Crippen molar-refractivity contribution in [3.8, 4) is 10.4 Å². The Kier molecular flexibility index (Phi) is 6.33. The average molecular weight is 514 g/mol. The third kappa shape index (κ3) is 4.81. The van der Waals surface area contributed by atoms with E-state index < -0.39 is 0 Å². The molecular formula is C27H24FN7OS. The Labute approximate surface area is 216 Å². The largest absolute Gasteiger partial charge is 0.367 e. The quantitative estimate of drug-likeness (QED) is 0.351. The molecule has 1 aliphatic heterocycles. The van der Waals surface area contributed by atoms with Crippen molar-refractivity contribution in [3.63, 3.8) is 0 Å². The van der Waals surface area contributed by atoms with Crippen LogP contribution in [0.15, 0.2) is 77.3 Å². The number of thiophene rings is 1. The van der Waals surface area contributed by atoms with Gasteiger partial charge in [0.15, 0.2) is 0 Å². The maximum Gasteiger partial charge on any atom is 0.252 e. The summed E-state index contributed by atoms with van der Waals surface area (Å²) >= 11 is 1.62. The van der Waals surface area contributed by atoms with Crippen LogP contribution in [0, 0.1) is 5.82 Å². The Hall–Kier alpha value is -4.15. The van der Waals surface area contributed by atoms with E-state index in [1.807, 2.05) is 34.5 Å². The molecule has 0 atom stereocenters. The molecular weight excluding hydrogens is 489 g/mol. The van der Waals surface area contributed by atoms with Crippen LogP contribution in [0.5, 0.6) is 0 Å². The number of anilines is 3. The van der Waals surface area contributed by atoms with Gasteiger partial charge in [-0.1, -0.05) is 0 Å². The number of nitrogens with zero attached hydrogens (tertiary/aromatic N) is 5. The molecule has 0 spiro atoms. The van der Waals surface area contributed by atoms with Crippen molar-refractivity contribution in [2.24, 2.45) is 0 Å². The van der Waals surface area contributed by atoms with Gasteiger partial charge in [0.2, 0.25) is 5.95 Å². The molecule has 4 aromatic heterocycles. The predicted octanol–water partition coefficient (Wildman–Crippen LogP) is 4.26. The van der Waals surface area contributed by atoms with E-state index in [0.29, 0.717) is 29.5 Å². The molecule has 6 rings (SSSR count). The van der Waals surface area contributed by atoms with Crippen LogP contribution < -0.4 is 21.1 Å². The third-order valence-corrected chi connectivity index (χ3v) is 7.41. The zero-order chi connectivity index (χ0) is 25.2. The normalized spacial score (nSPS) is 13.7. The van der Waals surface area contributed by atoms with E-state index in [2.05, 4.69) is 25.6 Å². The molecule has 10 heteroatoms. The van der Waals surface area contributed by atoms with Crippen LogP contribution in [0.25, 0.3) is 21.5 Å². The number of rotatable bonds is 6. The van der Waals surface area contributed by atoms with Crippen LogP contribution in [-0.4, -0.2) is 45.7 Å². The van der Waals surface area contributed by atoms with Crippen LogP contribution in [0.3, 0.4) is 0 Å². The summed E-state index contributed by atoms with van der Waals surface area (Å²) in [6.45, 7) is 3.56. The first-order chi connectivity index (χ1) is 18.2. The SMILES string of the molecule is O=c1ccc2cnc(Nc3ccc(N4CCNCC4)c(F)c3)nc2n1Cc1ccsc1-c1ccncc1. The van der Waals surface area contributed by atoms with Gasteiger partial charge in [0, 0.05) is 66.8 Å². The van der Waals surface area contributed by atoms with Gasteiger partial charge in [-0.05, 0) is 59.0 Å². The second kappa shape index (κ2) is 10.1. The molecule has 2 N–H and O–H groups in total. The molecule has 1 aliphatic rings. The van der Waals surface area contributed by atoms with E-state index in [-0.39, 0.29) is 11.4 Å². The van der Waals surface area contributed by atoms with E-state index >= 15 is 0 Å². The zero-order valence-electron chi connectivity index (χ0n) is 19.9. The van der Waals surface area contributed by atoms with Crippen molar-refractivity contribution >= 4 is 39.7 Å². The first kappa shape index (κ1) is 23.3. The lowest BCUT2D eigenvalue weighted by Crippen LogP contribution is -2.43. The minimum absolute atomic E-state index is 0.157. The molecule has 0 amide bonds. The van der Waals surface area contributed by atoms with E-state index in [0.717, 1.165) is 47.6 Å². The van der Waals surface area contributed by atoms with Crippen molar-refractivity contribution < 1.29 is 4.39 Å². The Morgan fingerprint density at radius 3 is 2.70 bits per heavy atom. The second-order valence-corrected chi connectivity index (χ2v) is 9.69. The molecule has 0 unspecified atom stereocenters. The molecule has 5 aromatic rings. The van der Waals surface area contributed by atoms with Crippen LogP contribution in [-0.2, 0) is 6.54 Å². The minimum Gasteiger partial charge on any atom is -0.367 e. The second-order valence-electron chi connectivity index (χ2n) is 8.77. The standard InChI is InChI=1S/C27H24FN7OS/c28-22-15-21(2-3-23(22)34-12-10-30-11-13-34)32-27-31-16-19-1-4-24(36)35(26(19)33-27)17-20-7-14-37-25(20)18-5-8-29-9-6-18/h1-9,14-16,30H,10-13,17H2,(H,31,32,33). The van der Waals surface area contributed by atoms with Crippen LogP contribution in [0.1, 0.15) is 5.56 Å². The predicted molar refractivity (Wildman–Crippen MR) is 145 cm³/mol. The van der Waals surface area contributed by atoms with Gasteiger partial charge in [-0.25, -0.2) is 9.37 Å². The van der Waals surface area contributed by atoms with Crippen molar-refractivity contribution in [1.29, 1.82) is 0 Å².